The zero-order valence-electron chi connectivity index (χ0n) is 29.2. The molecule has 47 heavy (non-hydrogen) atoms. The third-order valence-corrected chi connectivity index (χ3v) is 11.4. The van der Waals surface area contributed by atoms with Gasteiger partial charge in [-0.2, -0.15) is 0 Å². The van der Waals surface area contributed by atoms with Crippen molar-refractivity contribution in [1.82, 2.24) is 0 Å². The molecule has 0 aromatic heterocycles. The number of rotatable bonds is 8. The van der Waals surface area contributed by atoms with Crippen LogP contribution in [0.15, 0.2) is 170 Å². The molecule has 0 spiro atoms. The maximum atomic E-state index is 2.45. The molecule has 2 radical (unpaired) electrons. The Bertz CT molecular complexity index is 1880. The normalized spacial score (nSPS) is 19.0. The van der Waals surface area contributed by atoms with Crippen molar-refractivity contribution in [3.8, 4) is 0 Å². The van der Waals surface area contributed by atoms with E-state index in [2.05, 4.69) is 182 Å². The van der Waals surface area contributed by atoms with Crippen LogP contribution < -0.4 is 37.7 Å². The van der Waals surface area contributed by atoms with Gasteiger partial charge in [0, 0.05) is 20.3 Å². The Balaban J connectivity index is 0.00000135. The van der Waals surface area contributed by atoms with Crippen LogP contribution in [-0.4, -0.2) is 9.52 Å². The molecular weight excluding hydrogens is 570 g/mol. The minimum Gasteiger partial charge on any atom is -1.00 e. The van der Waals surface area contributed by atoms with Crippen LogP contribution in [0.1, 0.15) is 47.4 Å². The zero-order chi connectivity index (χ0) is 30.1. The van der Waals surface area contributed by atoms with Gasteiger partial charge < -0.3 is 2.85 Å². The van der Waals surface area contributed by atoms with E-state index in [-0.39, 0.29) is 51.4 Å². The van der Waals surface area contributed by atoms with Crippen LogP contribution in [0.3, 0.4) is 0 Å². The minimum atomic E-state index is -0.232. The molecule has 2 aliphatic rings. The van der Waals surface area contributed by atoms with Crippen LogP contribution in [-0.2, 0) is 10.8 Å². The van der Waals surface area contributed by atoms with E-state index in [4.69, 9.17) is 0 Å². The van der Waals surface area contributed by atoms with E-state index in [0.717, 1.165) is 12.1 Å². The molecule has 3 heteroatoms. The molecule has 0 heterocycles. The maximum absolute atomic E-state index is 2.45. The van der Waals surface area contributed by atoms with Gasteiger partial charge in [-0.05, 0) is 79.9 Å². The third-order valence-electron chi connectivity index (χ3n) is 9.84. The minimum absolute atomic E-state index is 0. The van der Waals surface area contributed by atoms with Crippen molar-refractivity contribution in [3.05, 3.63) is 214 Å². The van der Waals surface area contributed by atoms with Gasteiger partial charge >= 0.3 is 37.7 Å². The average Bonchev–Trinajstić information content (AvgIpc) is 3.64. The molecule has 0 saturated carbocycles. The summed E-state index contributed by atoms with van der Waals surface area (Å²) in [5.74, 6) is 0. The van der Waals surface area contributed by atoms with Crippen molar-refractivity contribution in [3.63, 3.8) is 0 Å². The maximum Gasteiger partial charge on any atom is 1.00 e. The number of benzene rings is 6. The average molecular weight is 607 g/mol. The molecule has 0 nitrogen and oxygen atoms in total. The Kier molecular flexibility index (Phi) is 9.96. The summed E-state index contributed by atoms with van der Waals surface area (Å²) in [4.78, 5) is 0. The first kappa shape index (κ1) is 33.1. The van der Waals surface area contributed by atoms with Gasteiger partial charge in [0.1, 0.15) is 0 Å². The van der Waals surface area contributed by atoms with Crippen molar-refractivity contribution in [2.75, 3.05) is 0 Å². The van der Waals surface area contributed by atoms with Crippen molar-refractivity contribution in [2.24, 2.45) is 0 Å². The van der Waals surface area contributed by atoms with Crippen LogP contribution in [0.2, 0.25) is 12.1 Å². The molecule has 218 valence electrons. The number of hydrogen-bond acceptors (Lipinski definition) is 0. The van der Waals surface area contributed by atoms with Crippen molar-refractivity contribution in [2.45, 2.75) is 22.9 Å². The predicted molar refractivity (Wildman–Crippen MR) is 194 cm³/mol. The first-order valence-electron chi connectivity index (χ1n) is 15.9. The topological polar surface area (TPSA) is 0 Å². The summed E-state index contributed by atoms with van der Waals surface area (Å²) in [7, 11) is 0.697. The third kappa shape index (κ3) is 5.62. The fourth-order valence-corrected chi connectivity index (χ4v) is 9.90. The summed E-state index contributed by atoms with van der Waals surface area (Å²) in [5, 5.41) is 0. The second-order valence-corrected chi connectivity index (χ2v) is 13.4. The van der Waals surface area contributed by atoms with E-state index in [9.17, 15) is 0 Å². The molecule has 0 amide bonds. The van der Waals surface area contributed by atoms with E-state index in [1.165, 1.54) is 55.7 Å². The molecule has 6 aromatic rings. The fraction of sp³-hybridized carbons (Fsp3) is 0.0909. The van der Waals surface area contributed by atoms with E-state index < -0.39 is 0 Å². The molecule has 0 fully saturated rings. The van der Waals surface area contributed by atoms with Gasteiger partial charge in [0.25, 0.3) is 0 Å². The van der Waals surface area contributed by atoms with Gasteiger partial charge in [-0.15, -0.1) is 0 Å². The second kappa shape index (κ2) is 14.1. The van der Waals surface area contributed by atoms with Crippen molar-refractivity contribution < 1.29 is 40.6 Å². The Morgan fingerprint density at radius 3 is 1.09 bits per heavy atom. The molecule has 2 atom stereocenters. The quantitative estimate of drug-likeness (QED) is 0.218. The molecule has 0 aliphatic heterocycles. The molecular formula is C44H36Li2Si. The van der Waals surface area contributed by atoms with Crippen molar-refractivity contribution >= 4 is 32.8 Å². The summed E-state index contributed by atoms with van der Waals surface area (Å²) in [6.45, 7) is 0. The summed E-state index contributed by atoms with van der Waals surface area (Å²) in [6, 6.07) is 64.8. The Labute approximate surface area is 308 Å². The number of hydrogen-bond donors (Lipinski definition) is 0. The van der Waals surface area contributed by atoms with Crippen LogP contribution in [0.4, 0.5) is 0 Å². The summed E-state index contributed by atoms with van der Waals surface area (Å²) in [5.41, 5.74) is 13.2. The predicted octanol–water partition coefficient (Wildman–Crippen LogP) is 4.84. The van der Waals surface area contributed by atoms with Crippen LogP contribution in [0.25, 0.3) is 23.3 Å². The number of allylic oxidation sites excluding steroid dienone is 2. The molecule has 2 aliphatic carbocycles. The van der Waals surface area contributed by atoms with Gasteiger partial charge in [-0.1, -0.05) is 170 Å². The van der Waals surface area contributed by atoms with Gasteiger partial charge in [0.15, 0.2) is 0 Å². The first-order chi connectivity index (χ1) is 22.3. The van der Waals surface area contributed by atoms with Crippen LogP contribution in [0, 0.1) is 0 Å². The largest absolute Gasteiger partial charge is 1.00 e. The Hall–Kier alpha value is -3.79. The smallest absolute Gasteiger partial charge is 1.00 e. The summed E-state index contributed by atoms with van der Waals surface area (Å²) < 4.78 is 0. The molecule has 2 unspecified atom stereocenters. The number of fused-ring (bicyclic) bond motifs is 2. The molecule has 0 saturated heterocycles. The van der Waals surface area contributed by atoms with Gasteiger partial charge in [-0.25, -0.2) is 0 Å². The molecule has 0 N–H and O–H groups in total. The van der Waals surface area contributed by atoms with Crippen LogP contribution in [0.5, 0.6) is 0 Å². The van der Waals surface area contributed by atoms with E-state index >= 15 is 0 Å². The molecule has 6 aromatic carbocycles. The Morgan fingerprint density at radius 1 is 0.383 bits per heavy atom. The van der Waals surface area contributed by atoms with Gasteiger partial charge in [0.05, 0.1) is 0 Å². The molecule has 0 bridgehead atoms. The van der Waals surface area contributed by atoms with E-state index in [1.807, 2.05) is 0 Å². The first-order valence-corrected chi connectivity index (χ1v) is 17.3. The second-order valence-electron chi connectivity index (χ2n) is 12.2. The van der Waals surface area contributed by atoms with Crippen LogP contribution >= 0.6 is 0 Å². The fourth-order valence-electron chi connectivity index (χ4n) is 7.86. The van der Waals surface area contributed by atoms with Crippen molar-refractivity contribution in [1.29, 1.82) is 0 Å². The summed E-state index contributed by atoms with van der Waals surface area (Å²) in [6.07, 6.45) is 4.91. The van der Waals surface area contributed by atoms with E-state index in [1.54, 1.807) is 0 Å². The summed E-state index contributed by atoms with van der Waals surface area (Å²) >= 11 is 0. The zero-order valence-corrected chi connectivity index (χ0v) is 28.2. The van der Waals surface area contributed by atoms with Gasteiger partial charge in [-0.3, -0.25) is 0 Å². The van der Waals surface area contributed by atoms with Gasteiger partial charge in [0.2, 0.25) is 0 Å². The standard InChI is InChI=1S/C44H34Si.2Li.2H/c1-5-17-33(18-6-1)41-29-35-21-13-15-27-39(35)43(41,37-23-9-3-10-24-37)31-45-32-44(38-25-11-4-12-26-38)40-28-16-14-22-36(40)30-42(44)34-19-7-2-8-20-34;;;;/h1-30H,31-32H2;;;;/q;2*+1;2*-1. The monoisotopic (exact) mass is 606 g/mol. The SMILES string of the molecule is C1=C(c2ccccc2)C(C[Si]CC2(c3ccccc3)C(c3ccccc3)=Cc3ccccc32)(c2ccccc2)c2ccccc21.[H-].[H-].[Li+].[Li+]. The van der Waals surface area contributed by atoms with E-state index in [0.29, 0.717) is 9.52 Å². The Morgan fingerprint density at radius 2 is 0.702 bits per heavy atom. The molecule has 8 rings (SSSR count).